The maximum Gasteiger partial charge on any atom is 0.243 e. The minimum atomic E-state index is -0.838. The summed E-state index contributed by atoms with van der Waals surface area (Å²) in [6, 6.07) is -2.20. The topological polar surface area (TPSA) is 117 Å². The van der Waals surface area contributed by atoms with E-state index < -0.39 is 23.7 Å². The molecule has 3 amide bonds. The predicted octanol–water partition coefficient (Wildman–Crippen LogP) is 2.83. The lowest BCUT2D eigenvalue weighted by molar-refractivity contribution is -0.135. The maximum absolute atomic E-state index is 13.2. The smallest absolute Gasteiger partial charge is 0.243 e. The number of Topliss-reactive ketones (excluding diaryl/α,β-unsaturated/α-hetero) is 1. The van der Waals surface area contributed by atoms with Crippen LogP contribution < -0.4 is 16.0 Å². The van der Waals surface area contributed by atoms with Crippen LogP contribution in [-0.2, 0) is 23.9 Å². The Labute approximate surface area is 209 Å². The lowest BCUT2D eigenvalue weighted by Crippen LogP contribution is -2.57. The molecule has 9 heteroatoms. The van der Waals surface area contributed by atoms with E-state index in [4.69, 9.17) is 4.74 Å². The van der Waals surface area contributed by atoms with Crippen molar-refractivity contribution in [3.05, 3.63) is 0 Å². The molecule has 0 bridgehead atoms. The highest BCUT2D eigenvalue weighted by molar-refractivity contribution is 7.98. The van der Waals surface area contributed by atoms with Gasteiger partial charge in [0.05, 0.1) is 12.6 Å². The molecular formula is C25H45N3O5S. The van der Waals surface area contributed by atoms with Gasteiger partial charge in [0.15, 0.2) is 5.78 Å². The fourth-order valence-electron chi connectivity index (χ4n) is 3.68. The van der Waals surface area contributed by atoms with Crippen LogP contribution in [-0.4, -0.2) is 65.8 Å². The molecule has 196 valence electrons. The third kappa shape index (κ3) is 10.3. The van der Waals surface area contributed by atoms with Crippen molar-refractivity contribution in [2.45, 2.75) is 104 Å². The van der Waals surface area contributed by atoms with Gasteiger partial charge in [0.2, 0.25) is 17.7 Å². The highest BCUT2D eigenvalue weighted by atomic mass is 32.2. The standard InChI is InChI=1S/C25H45N3O5S/c1-8-9-10-11-20(29)28-21(17(4)5)24(32)26-18(12-13-34-7)23(31)27-19(14-16(2)3)22(30)25(6)15-33-25/h16-19,21H,8-15H2,1-7H3,(H,26,32)(H,27,31)(H,28,29)/t18-,19-,21-,25+/m0/s1. The van der Waals surface area contributed by atoms with Gasteiger partial charge in [-0.15, -0.1) is 0 Å². The summed E-state index contributed by atoms with van der Waals surface area (Å²) in [5, 5.41) is 8.54. The Morgan fingerprint density at radius 2 is 1.59 bits per heavy atom. The van der Waals surface area contributed by atoms with Crippen molar-refractivity contribution in [3.8, 4) is 0 Å². The molecule has 8 nitrogen and oxygen atoms in total. The molecule has 0 unspecified atom stereocenters. The summed E-state index contributed by atoms with van der Waals surface area (Å²) in [6.07, 6.45) is 5.98. The highest BCUT2D eigenvalue weighted by Gasteiger charge is 2.50. The molecule has 0 aromatic heterocycles. The second kappa shape index (κ2) is 14.7. The summed E-state index contributed by atoms with van der Waals surface area (Å²) in [5.74, 6) is -0.341. The molecule has 0 aliphatic carbocycles. The second-order valence-electron chi connectivity index (χ2n) is 10.2. The van der Waals surface area contributed by atoms with E-state index in [0.717, 1.165) is 19.3 Å². The highest BCUT2D eigenvalue weighted by Crippen LogP contribution is 2.29. The van der Waals surface area contributed by atoms with Gasteiger partial charge in [-0.1, -0.05) is 47.5 Å². The van der Waals surface area contributed by atoms with Crippen LogP contribution in [0.5, 0.6) is 0 Å². The molecule has 1 saturated heterocycles. The molecular weight excluding hydrogens is 454 g/mol. The summed E-state index contributed by atoms with van der Waals surface area (Å²) in [7, 11) is 0. The third-order valence-corrected chi connectivity index (χ3v) is 6.60. The Morgan fingerprint density at radius 3 is 2.09 bits per heavy atom. The number of hydrogen-bond acceptors (Lipinski definition) is 6. The molecule has 0 spiro atoms. The van der Waals surface area contributed by atoms with Crippen LogP contribution in [0.1, 0.15) is 80.1 Å². The molecule has 1 fully saturated rings. The SMILES string of the molecule is CCCCCC(=O)N[C@H](C(=O)N[C@@H](CCSC)C(=O)N[C@@H](CC(C)C)C(=O)[C@@]1(C)CO1)C(C)C. The number of nitrogens with one attached hydrogen (secondary N) is 3. The van der Waals surface area contributed by atoms with Gasteiger partial charge in [-0.3, -0.25) is 19.2 Å². The van der Waals surface area contributed by atoms with E-state index in [0.29, 0.717) is 31.6 Å². The number of amides is 3. The number of ether oxygens (including phenoxy) is 1. The number of carbonyl (C=O) groups excluding carboxylic acids is 4. The van der Waals surface area contributed by atoms with Crippen molar-refractivity contribution in [1.29, 1.82) is 0 Å². The largest absolute Gasteiger partial charge is 0.361 e. The zero-order valence-electron chi connectivity index (χ0n) is 22.0. The molecule has 0 aromatic carbocycles. The summed E-state index contributed by atoms with van der Waals surface area (Å²) in [4.78, 5) is 51.5. The summed E-state index contributed by atoms with van der Waals surface area (Å²) < 4.78 is 5.31. The van der Waals surface area contributed by atoms with Crippen molar-refractivity contribution < 1.29 is 23.9 Å². The van der Waals surface area contributed by atoms with Crippen LogP contribution >= 0.6 is 11.8 Å². The van der Waals surface area contributed by atoms with E-state index in [1.165, 1.54) is 0 Å². The minimum absolute atomic E-state index is 0.135. The Balaban J connectivity index is 2.89. The first-order valence-electron chi connectivity index (χ1n) is 12.5. The van der Waals surface area contributed by atoms with Gasteiger partial charge in [0, 0.05) is 6.42 Å². The molecule has 0 aromatic rings. The van der Waals surface area contributed by atoms with Crippen LogP contribution in [0.3, 0.4) is 0 Å². The number of epoxide rings is 1. The van der Waals surface area contributed by atoms with E-state index in [1.54, 1.807) is 18.7 Å². The van der Waals surface area contributed by atoms with Crippen molar-refractivity contribution in [1.82, 2.24) is 16.0 Å². The molecule has 0 radical (unpaired) electrons. The number of carbonyl (C=O) groups is 4. The fourth-order valence-corrected chi connectivity index (χ4v) is 4.15. The molecule has 4 atom stereocenters. The number of rotatable bonds is 17. The third-order valence-electron chi connectivity index (χ3n) is 5.96. The Hall–Kier alpha value is -1.61. The lowest BCUT2D eigenvalue weighted by atomic mass is 9.93. The zero-order valence-corrected chi connectivity index (χ0v) is 22.8. The molecule has 1 heterocycles. The number of hydrogen-bond donors (Lipinski definition) is 3. The van der Waals surface area contributed by atoms with E-state index in [9.17, 15) is 19.2 Å². The first-order chi connectivity index (χ1) is 15.9. The van der Waals surface area contributed by atoms with Crippen molar-refractivity contribution in [3.63, 3.8) is 0 Å². The van der Waals surface area contributed by atoms with Gasteiger partial charge in [0.25, 0.3) is 0 Å². The van der Waals surface area contributed by atoms with Crippen LogP contribution in [0.25, 0.3) is 0 Å². The van der Waals surface area contributed by atoms with Crippen LogP contribution in [0, 0.1) is 11.8 Å². The van der Waals surface area contributed by atoms with Gasteiger partial charge in [0.1, 0.15) is 17.7 Å². The summed E-state index contributed by atoms with van der Waals surface area (Å²) in [6.45, 7) is 11.9. The Kier molecular flexibility index (Phi) is 13.2. The second-order valence-corrected chi connectivity index (χ2v) is 11.1. The van der Waals surface area contributed by atoms with Crippen molar-refractivity contribution >= 4 is 35.3 Å². The Bertz CT molecular complexity index is 694. The molecule has 1 aliphatic rings. The molecule has 3 N–H and O–H groups in total. The summed E-state index contributed by atoms with van der Waals surface area (Å²) in [5.41, 5.74) is -0.838. The van der Waals surface area contributed by atoms with Crippen molar-refractivity contribution in [2.75, 3.05) is 18.6 Å². The van der Waals surface area contributed by atoms with E-state index in [1.807, 2.05) is 34.0 Å². The average molecular weight is 500 g/mol. The van der Waals surface area contributed by atoms with Gasteiger partial charge in [-0.25, -0.2) is 0 Å². The van der Waals surface area contributed by atoms with E-state index in [-0.39, 0.29) is 35.3 Å². The first-order valence-corrected chi connectivity index (χ1v) is 13.9. The monoisotopic (exact) mass is 499 g/mol. The molecule has 1 aliphatic heterocycles. The predicted molar refractivity (Wildman–Crippen MR) is 137 cm³/mol. The van der Waals surface area contributed by atoms with Gasteiger partial charge >= 0.3 is 0 Å². The maximum atomic E-state index is 13.2. The van der Waals surface area contributed by atoms with Gasteiger partial charge < -0.3 is 20.7 Å². The zero-order chi connectivity index (χ0) is 25.9. The first kappa shape index (κ1) is 30.4. The lowest BCUT2D eigenvalue weighted by Gasteiger charge is -2.27. The van der Waals surface area contributed by atoms with Crippen molar-refractivity contribution in [2.24, 2.45) is 11.8 Å². The van der Waals surface area contributed by atoms with Gasteiger partial charge in [-0.05, 0) is 50.0 Å². The molecule has 1 rings (SSSR count). The quantitative estimate of drug-likeness (QED) is 0.209. The van der Waals surface area contributed by atoms with E-state index in [2.05, 4.69) is 22.9 Å². The summed E-state index contributed by atoms with van der Waals surface area (Å²) >= 11 is 1.57. The van der Waals surface area contributed by atoms with Crippen LogP contribution in [0.15, 0.2) is 0 Å². The molecule has 0 saturated carbocycles. The van der Waals surface area contributed by atoms with Gasteiger partial charge in [-0.2, -0.15) is 11.8 Å². The average Bonchev–Trinajstić information content (AvgIpc) is 3.51. The molecule has 34 heavy (non-hydrogen) atoms. The van der Waals surface area contributed by atoms with Crippen LogP contribution in [0.2, 0.25) is 0 Å². The number of ketones is 1. The minimum Gasteiger partial charge on any atom is -0.361 e. The normalized spacial score (nSPS) is 19.9. The van der Waals surface area contributed by atoms with Crippen LogP contribution in [0.4, 0.5) is 0 Å². The fraction of sp³-hybridized carbons (Fsp3) is 0.840. The van der Waals surface area contributed by atoms with E-state index >= 15 is 0 Å². The number of thioether (sulfide) groups is 1. The Morgan fingerprint density at radius 1 is 0.971 bits per heavy atom. The number of unbranched alkanes of at least 4 members (excludes halogenated alkanes) is 2.